The molecule has 0 spiro atoms. The van der Waals surface area contributed by atoms with Gasteiger partial charge in [0.1, 0.15) is 0 Å². The third-order valence-electron chi connectivity index (χ3n) is 4.62. The number of aromatic nitrogens is 3. The lowest BCUT2D eigenvalue weighted by Gasteiger charge is -2.12. The first kappa shape index (κ1) is 18.5. The van der Waals surface area contributed by atoms with Crippen molar-refractivity contribution in [1.29, 1.82) is 0 Å². The van der Waals surface area contributed by atoms with Crippen molar-refractivity contribution in [2.75, 3.05) is 11.1 Å². The Balaban J connectivity index is 1.44. The first-order valence-electron chi connectivity index (χ1n) is 8.79. The zero-order chi connectivity index (χ0) is 18.8. The largest absolute Gasteiger partial charge is 0.324 e. The van der Waals surface area contributed by atoms with Crippen molar-refractivity contribution in [2.45, 2.75) is 30.8 Å². The van der Waals surface area contributed by atoms with Crippen molar-refractivity contribution in [3.63, 3.8) is 0 Å². The fourth-order valence-electron chi connectivity index (χ4n) is 3.24. The molecule has 2 heterocycles. The Morgan fingerprint density at radius 1 is 1.30 bits per heavy atom. The summed E-state index contributed by atoms with van der Waals surface area (Å²) in [5, 5.41) is 15.0. The highest BCUT2D eigenvalue weighted by Crippen LogP contribution is 2.36. The normalized spacial score (nSPS) is 13.4. The van der Waals surface area contributed by atoms with Gasteiger partial charge in [-0.25, -0.2) is 0 Å². The molecular formula is C19H19ClN4OS2. The minimum absolute atomic E-state index is 0.120. The second-order valence-corrected chi connectivity index (χ2v) is 8.75. The molecule has 3 aromatic rings. The van der Waals surface area contributed by atoms with Crippen LogP contribution in [0.2, 0.25) is 5.02 Å². The second kappa shape index (κ2) is 8.04. The van der Waals surface area contributed by atoms with Crippen LogP contribution in [0.25, 0.3) is 11.4 Å². The van der Waals surface area contributed by atoms with Gasteiger partial charge in [-0.15, -0.1) is 21.5 Å². The van der Waals surface area contributed by atoms with E-state index < -0.39 is 0 Å². The molecule has 1 aromatic carbocycles. The van der Waals surface area contributed by atoms with Crippen molar-refractivity contribution in [1.82, 2.24) is 14.8 Å². The smallest absolute Gasteiger partial charge is 0.234 e. The molecule has 1 aliphatic rings. The molecule has 4 rings (SSSR count). The third-order valence-corrected chi connectivity index (χ3v) is 7.06. The minimum Gasteiger partial charge on any atom is -0.324 e. The number of nitrogens with one attached hydrogen (secondary N) is 1. The van der Waals surface area contributed by atoms with Crippen LogP contribution < -0.4 is 5.32 Å². The molecular weight excluding hydrogens is 400 g/mol. The van der Waals surface area contributed by atoms with E-state index in [2.05, 4.69) is 20.9 Å². The summed E-state index contributed by atoms with van der Waals surface area (Å²) >= 11 is 9.28. The number of rotatable bonds is 5. The fraction of sp³-hybridized carbons (Fsp3) is 0.316. The number of nitrogens with zero attached hydrogens (tertiary/aromatic N) is 3. The van der Waals surface area contributed by atoms with Crippen LogP contribution in [-0.2, 0) is 24.7 Å². The van der Waals surface area contributed by atoms with Crippen LogP contribution in [0.4, 0.5) is 5.69 Å². The van der Waals surface area contributed by atoms with Crippen molar-refractivity contribution in [3.05, 3.63) is 45.1 Å². The summed E-state index contributed by atoms with van der Waals surface area (Å²) in [6, 6.07) is 7.20. The highest BCUT2D eigenvalue weighted by Gasteiger charge is 2.21. The SMILES string of the molecule is Cn1c(SCC(=O)Nc2ccccc2Cl)nnc1-c1csc2c1CCCC2. The molecule has 1 aliphatic carbocycles. The number of aryl methyl sites for hydroxylation is 1. The summed E-state index contributed by atoms with van der Waals surface area (Å²) < 4.78 is 1.98. The molecule has 0 unspecified atom stereocenters. The van der Waals surface area contributed by atoms with Crippen LogP contribution >= 0.6 is 34.7 Å². The average molecular weight is 419 g/mol. The highest BCUT2D eigenvalue weighted by atomic mass is 35.5. The molecule has 0 saturated heterocycles. The van der Waals surface area contributed by atoms with Crippen LogP contribution in [0.3, 0.4) is 0 Å². The molecule has 0 atom stereocenters. The number of anilines is 1. The van der Waals surface area contributed by atoms with Crippen molar-refractivity contribution in [2.24, 2.45) is 7.05 Å². The summed E-state index contributed by atoms with van der Waals surface area (Å²) in [4.78, 5) is 13.7. The molecule has 0 radical (unpaired) electrons. The number of carbonyl (C=O) groups excluding carboxylic acids is 1. The summed E-state index contributed by atoms with van der Waals surface area (Å²) in [7, 11) is 1.95. The van der Waals surface area contributed by atoms with Gasteiger partial charge in [-0.05, 0) is 43.4 Å². The molecule has 27 heavy (non-hydrogen) atoms. The van der Waals surface area contributed by atoms with Crippen LogP contribution in [0, 0.1) is 0 Å². The minimum atomic E-state index is -0.120. The molecule has 8 heteroatoms. The Labute approximate surface area is 171 Å². The van der Waals surface area contributed by atoms with Gasteiger partial charge in [0, 0.05) is 22.9 Å². The zero-order valence-electron chi connectivity index (χ0n) is 14.9. The average Bonchev–Trinajstić information content (AvgIpc) is 3.25. The first-order chi connectivity index (χ1) is 13.1. The predicted molar refractivity (Wildman–Crippen MR) is 112 cm³/mol. The van der Waals surface area contributed by atoms with Gasteiger partial charge in [0.15, 0.2) is 11.0 Å². The summed E-state index contributed by atoms with van der Waals surface area (Å²) in [5.74, 6) is 1.01. The Morgan fingerprint density at radius 2 is 2.11 bits per heavy atom. The lowest BCUT2D eigenvalue weighted by molar-refractivity contribution is -0.113. The van der Waals surface area contributed by atoms with E-state index in [4.69, 9.17) is 11.6 Å². The van der Waals surface area contributed by atoms with Gasteiger partial charge in [0.2, 0.25) is 5.91 Å². The van der Waals surface area contributed by atoms with E-state index in [-0.39, 0.29) is 11.7 Å². The third kappa shape index (κ3) is 3.90. The number of benzene rings is 1. The van der Waals surface area contributed by atoms with E-state index in [1.807, 2.05) is 35.1 Å². The standard InChI is InChI=1S/C19H19ClN4OS2/c1-24-18(13-10-26-16-9-5-2-6-12(13)16)22-23-19(24)27-11-17(25)21-15-8-4-3-7-14(15)20/h3-4,7-8,10H,2,5-6,9,11H2,1H3,(H,21,25). The molecule has 1 amide bonds. The van der Waals surface area contributed by atoms with Gasteiger partial charge < -0.3 is 9.88 Å². The van der Waals surface area contributed by atoms with Crippen molar-refractivity contribution >= 4 is 46.3 Å². The van der Waals surface area contributed by atoms with E-state index >= 15 is 0 Å². The van der Waals surface area contributed by atoms with E-state index in [1.165, 1.54) is 47.0 Å². The van der Waals surface area contributed by atoms with Crippen LogP contribution in [0.5, 0.6) is 0 Å². The number of hydrogen-bond donors (Lipinski definition) is 1. The van der Waals surface area contributed by atoms with Gasteiger partial charge in [-0.1, -0.05) is 35.5 Å². The molecule has 1 N–H and O–H groups in total. The number of amides is 1. The van der Waals surface area contributed by atoms with Crippen molar-refractivity contribution in [3.8, 4) is 11.4 Å². The number of hydrogen-bond acceptors (Lipinski definition) is 5. The predicted octanol–water partition coefficient (Wildman–Crippen LogP) is 4.81. The topological polar surface area (TPSA) is 59.8 Å². The summed E-state index contributed by atoms with van der Waals surface area (Å²) in [6.07, 6.45) is 4.79. The van der Waals surface area contributed by atoms with E-state index in [0.29, 0.717) is 10.7 Å². The molecule has 5 nitrogen and oxygen atoms in total. The summed E-state index contributed by atoms with van der Waals surface area (Å²) in [5.41, 5.74) is 3.24. The lowest BCUT2D eigenvalue weighted by atomic mass is 9.96. The zero-order valence-corrected chi connectivity index (χ0v) is 17.3. The van der Waals surface area contributed by atoms with Gasteiger partial charge in [-0.3, -0.25) is 4.79 Å². The van der Waals surface area contributed by atoms with E-state index in [9.17, 15) is 4.79 Å². The van der Waals surface area contributed by atoms with E-state index in [0.717, 1.165) is 17.4 Å². The first-order valence-corrected chi connectivity index (χ1v) is 11.0. The maximum absolute atomic E-state index is 12.2. The lowest BCUT2D eigenvalue weighted by Crippen LogP contribution is -2.14. The number of halogens is 1. The molecule has 0 saturated carbocycles. The van der Waals surface area contributed by atoms with Gasteiger partial charge in [-0.2, -0.15) is 0 Å². The maximum Gasteiger partial charge on any atom is 0.234 e. The monoisotopic (exact) mass is 418 g/mol. The molecule has 0 fully saturated rings. The van der Waals surface area contributed by atoms with Gasteiger partial charge in [0.05, 0.1) is 16.5 Å². The highest BCUT2D eigenvalue weighted by molar-refractivity contribution is 7.99. The number of para-hydroxylation sites is 1. The summed E-state index contributed by atoms with van der Waals surface area (Å²) in [6.45, 7) is 0. The van der Waals surface area contributed by atoms with Gasteiger partial charge in [0.25, 0.3) is 0 Å². The second-order valence-electron chi connectivity index (χ2n) is 6.44. The Kier molecular flexibility index (Phi) is 5.52. The fourth-order valence-corrected chi connectivity index (χ4v) is 5.25. The molecule has 140 valence electrons. The Bertz CT molecular complexity index is 982. The quantitative estimate of drug-likeness (QED) is 0.604. The van der Waals surface area contributed by atoms with Crippen LogP contribution in [-0.4, -0.2) is 26.4 Å². The molecule has 0 aliphatic heterocycles. The van der Waals surface area contributed by atoms with Gasteiger partial charge >= 0.3 is 0 Å². The number of carbonyl (C=O) groups is 1. The maximum atomic E-state index is 12.2. The Hall–Kier alpha value is -1.83. The van der Waals surface area contributed by atoms with Crippen LogP contribution in [0.1, 0.15) is 23.3 Å². The number of fused-ring (bicyclic) bond motifs is 1. The molecule has 2 aromatic heterocycles. The van der Waals surface area contributed by atoms with E-state index in [1.54, 1.807) is 12.1 Å². The Morgan fingerprint density at radius 3 is 2.96 bits per heavy atom. The molecule has 0 bridgehead atoms. The number of thioether (sulfide) groups is 1. The number of thiophene rings is 1. The van der Waals surface area contributed by atoms with Crippen LogP contribution in [0.15, 0.2) is 34.8 Å². The van der Waals surface area contributed by atoms with Crippen molar-refractivity contribution < 1.29 is 4.79 Å².